The Labute approximate surface area is 63.1 Å². The Bertz CT molecular complexity index is 408. The Kier molecular flexibility index (Phi) is 1.28. The van der Waals surface area contributed by atoms with Crippen LogP contribution in [-0.4, -0.2) is 10.9 Å². The van der Waals surface area contributed by atoms with Crippen molar-refractivity contribution in [1.82, 2.24) is 4.98 Å². The van der Waals surface area contributed by atoms with Gasteiger partial charge in [-0.3, -0.25) is 9.78 Å². The van der Waals surface area contributed by atoms with Gasteiger partial charge in [0.1, 0.15) is 0 Å². The van der Waals surface area contributed by atoms with E-state index in [4.69, 9.17) is 0 Å². The molecule has 1 aliphatic rings. The van der Waals surface area contributed by atoms with Crippen LogP contribution in [0.1, 0.15) is 6.42 Å². The van der Waals surface area contributed by atoms with Gasteiger partial charge in [0.15, 0.2) is 0 Å². The van der Waals surface area contributed by atoms with Gasteiger partial charge in [-0.15, -0.1) is 0 Å². The second-order valence-electron chi connectivity index (χ2n) is 2.35. The second-order valence-corrected chi connectivity index (χ2v) is 2.35. The summed E-state index contributed by atoms with van der Waals surface area (Å²) in [5, 5.41) is 1.68. The fraction of sp³-hybridized carbons (Fsp3) is 0.125. The van der Waals surface area contributed by atoms with E-state index in [-0.39, 0.29) is 5.91 Å². The lowest BCUT2D eigenvalue weighted by Crippen LogP contribution is -2.29. The summed E-state index contributed by atoms with van der Waals surface area (Å²) in [7, 11) is 0. The minimum absolute atomic E-state index is 0.0799. The van der Waals surface area contributed by atoms with Crippen LogP contribution in [0.4, 0.5) is 0 Å². The first-order valence-corrected chi connectivity index (χ1v) is 3.38. The molecular formula is C8H6N2O. The van der Waals surface area contributed by atoms with E-state index in [9.17, 15) is 4.79 Å². The average molecular weight is 146 g/mol. The number of fused-ring (bicyclic) bond motifs is 1. The molecule has 54 valence electrons. The third kappa shape index (κ3) is 1.05. The molecule has 0 atom stereocenters. The fourth-order valence-electron chi connectivity index (χ4n) is 1.04. The van der Waals surface area contributed by atoms with Crippen LogP contribution in [0.3, 0.4) is 0 Å². The molecule has 0 saturated heterocycles. The van der Waals surface area contributed by atoms with E-state index in [2.05, 4.69) is 9.98 Å². The Hall–Kier alpha value is -1.51. The second kappa shape index (κ2) is 2.27. The number of aromatic nitrogens is 1. The van der Waals surface area contributed by atoms with Gasteiger partial charge < -0.3 is 0 Å². The Balaban J connectivity index is 2.83. The molecule has 0 bridgehead atoms. The molecule has 0 aromatic carbocycles. The summed E-state index contributed by atoms with van der Waals surface area (Å²) in [6.07, 6.45) is 5.59. The Morgan fingerprint density at radius 2 is 2.36 bits per heavy atom. The fourth-order valence-corrected chi connectivity index (χ4v) is 1.04. The Morgan fingerprint density at radius 3 is 3.27 bits per heavy atom. The van der Waals surface area contributed by atoms with Crippen molar-refractivity contribution in [2.24, 2.45) is 4.99 Å². The summed E-state index contributed by atoms with van der Waals surface area (Å²) in [6.45, 7) is 0. The lowest BCUT2D eigenvalue weighted by atomic mass is 10.2. The zero-order chi connectivity index (χ0) is 7.68. The van der Waals surface area contributed by atoms with Crippen molar-refractivity contribution >= 4 is 12.0 Å². The van der Waals surface area contributed by atoms with E-state index in [0.717, 1.165) is 10.6 Å². The van der Waals surface area contributed by atoms with E-state index in [1.807, 2.05) is 6.08 Å². The minimum Gasteiger partial charge on any atom is -0.272 e. The van der Waals surface area contributed by atoms with E-state index >= 15 is 0 Å². The van der Waals surface area contributed by atoms with Crippen LogP contribution in [0, 0.1) is 0 Å². The number of carbonyl (C=O) groups excluding carboxylic acids is 1. The lowest BCUT2D eigenvalue weighted by molar-refractivity contribution is -0.117. The lowest BCUT2D eigenvalue weighted by Gasteiger charge is -1.95. The van der Waals surface area contributed by atoms with Crippen LogP contribution in [0.15, 0.2) is 23.5 Å². The largest absolute Gasteiger partial charge is 0.272 e. The maximum atomic E-state index is 10.8. The highest BCUT2D eigenvalue weighted by Gasteiger charge is 2.00. The number of hydrogen-bond donors (Lipinski definition) is 0. The number of nitrogens with zero attached hydrogens (tertiary/aromatic N) is 2. The maximum Gasteiger partial charge on any atom is 0.250 e. The highest BCUT2D eigenvalue weighted by atomic mass is 16.1. The van der Waals surface area contributed by atoms with Crippen LogP contribution in [0.2, 0.25) is 0 Å². The highest BCUT2D eigenvalue weighted by Crippen LogP contribution is 1.87. The minimum atomic E-state index is -0.0799. The standard InChI is InChI=1S/C8H6N2O/c11-8-2-1-6-5-9-4-3-7(6)10-8/h1,3-5H,2H2. The number of pyridine rings is 1. The number of rotatable bonds is 0. The summed E-state index contributed by atoms with van der Waals surface area (Å²) in [5.41, 5.74) is 0. The monoisotopic (exact) mass is 146 g/mol. The van der Waals surface area contributed by atoms with Gasteiger partial charge in [0, 0.05) is 24.0 Å². The maximum absolute atomic E-state index is 10.8. The van der Waals surface area contributed by atoms with Crippen LogP contribution >= 0.6 is 0 Å². The molecule has 0 radical (unpaired) electrons. The number of carbonyl (C=O) groups is 1. The molecule has 1 aromatic rings. The molecule has 3 nitrogen and oxygen atoms in total. The molecule has 0 aliphatic carbocycles. The van der Waals surface area contributed by atoms with Gasteiger partial charge in [-0.05, 0) is 6.07 Å². The third-order valence-electron chi connectivity index (χ3n) is 1.57. The molecule has 2 heterocycles. The van der Waals surface area contributed by atoms with E-state index in [1.165, 1.54) is 0 Å². The predicted molar refractivity (Wildman–Crippen MR) is 39.1 cm³/mol. The van der Waals surface area contributed by atoms with Crippen molar-refractivity contribution in [1.29, 1.82) is 0 Å². The van der Waals surface area contributed by atoms with Crippen molar-refractivity contribution in [3.63, 3.8) is 0 Å². The van der Waals surface area contributed by atoms with Gasteiger partial charge in [-0.25, -0.2) is 4.99 Å². The number of hydrogen-bond acceptors (Lipinski definition) is 2. The zero-order valence-electron chi connectivity index (χ0n) is 5.82. The normalized spacial score (nSPS) is 14.7. The van der Waals surface area contributed by atoms with Gasteiger partial charge >= 0.3 is 0 Å². The molecule has 2 rings (SSSR count). The van der Waals surface area contributed by atoms with Gasteiger partial charge in [0.05, 0.1) is 5.36 Å². The first kappa shape index (κ1) is 6.22. The average Bonchev–Trinajstić information content (AvgIpc) is 2.04. The first-order valence-electron chi connectivity index (χ1n) is 3.38. The molecular weight excluding hydrogens is 140 g/mol. The third-order valence-corrected chi connectivity index (χ3v) is 1.57. The van der Waals surface area contributed by atoms with Crippen LogP contribution in [0.5, 0.6) is 0 Å². The first-order chi connectivity index (χ1) is 5.36. The van der Waals surface area contributed by atoms with E-state index in [0.29, 0.717) is 6.42 Å². The van der Waals surface area contributed by atoms with E-state index in [1.54, 1.807) is 18.5 Å². The molecule has 1 aromatic heterocycles. The smallest absolute Gasteiger partial charge is 0.250 e. The molecule has 0 unspecified atom stereocenters. The molecule has 3 heteroatoms. The van der Waals surface area contributed by atoms with Gasteiger partial charge in [-0.2, -0.15) is 0 Å². The van der Waals surface area contributed by atoms with Gasteiger partial charge in [0.2, 0.25) is 5.91 Å². The highest BCUT2D eigenvalue weighted by molar-refractivity contribution is 5.82. The van der Waals surface area contributed by atoms with Crippen molar-refractivity contribution in [2.75, 3.05) is 0 Å². The summed E-state index contributed by atoms with van der Waals surface area (Å²) in [6, 6.07) is 1.74. The summed E-state index contributed by atoms with van der Waals surface area (Å²) in [4.78, 5) is 18.6. The molecule has 0 spiro atoms. The van der Waals surface area contributed by atoms with E-state index < -0.39 is 0 Å². The summed E-state index contributed by atoms with van der Waals surface area (Å²) >= 11 is 0. The molecule has 11 heavy (non-hydrogen) atoms. The molecule has 1 aliphatic heterocycles. The van der Waals surface area contributed by atoms with Crippen LogP contribution in [0.25, 0.3) is 6.08 Å². The van der Waals surface area contributed by atoms with Gasteiger partial charge in [-0.1, -0.05) is 6.08 Å². The van der Waals surface area contributed by atoms with Crippen molar-refractivity contribution in [3.8, 4) is 0 Å². The zero-order valence-corrected chi connectivity index (χ0v) is 5.82. The Morgan fingerprint density at radius 1 is 1.45 bits per heavy atom. The van der Waals surface area contributed by atoms with Crippen LogP contribution in [-0.2, 0) is 4.79 Å². The SMILES string of the molecule is O=C1CC=c2cnccc2=N1. The molecule has 0 saturated carbocycles. The summed E-state index contributed by atoms with van der Waals surface area (Å²) < 4.78 is 0. The van der Waals surface area contributed by atoms with Crippen molar-refractivity contribution < 1.29 is 4.79 Å². The molecule has 0 fully saturated rings. The predicted octanol–water partition coefficient (Wildman–Crippen LogP) is -0.588. The topological polar surface area (TPSA) is 42.3 Å². The summed E-state index contributed by atoms with van der Waals surface area (Å²) in [5.74, 6) is -0.0799. The van der Waals surface area contributed by atoms with Gasteiger partial charge in [0.25, 0.3) is 0 Å². The quantitative estimate of drug-likeness (QED) is 0.491. The van der Waals surface area contributed by atoms with Crippen molar-refractivity contribution in [3.05, 3.63) is 29.0 Å². The van der Waals surface area contributed by atoms with Crippen LogP contribution < -0.4 is 10.6 Å². The van der Waals surface area contributed by atoms with Crippen molar-refractivity contribution in [2.45, 2.75) is 6.42 Å². The molecule has 1 amide bonds. The number of amides is 1. The molecule has 0 N–H and O–H groups in total.